The van der Waals surface area contributed by atoms with Crippen LogP contribution in [0.5, 0.6) is 0 Å². The monoisotopic (exact) mass is 331 g/mol. The van der Waals surface area contributed by atoms with E-state index in [4.69, 9.17) is 0 Å². The molecule has 0 N–H and O–H groups in total. The summed E-state index contributed by atoms with van der Waals surface area (Å²) in [6.07, 6.45) is 6.65. The number of piperazine rings is 1. The van der Waals surface area contributed by atoms with Gasteiger partial charge in [0.2, 0.25) is 0 Å². The summed E-state index contributed by atoms with van der Waals surface area (Å²) < 4.78 is 0. The van der Waals surface area contributed by atoms with E-state index in [0.29, 0.717) is 6.04 Å². The van der Waals surface area contributed by atoms with Crippen LogP contribution in [-0.4, -0.2) is 65.1 Å². The predicted molar refractivity (Wildman–Crippen MR) is 99.5 cm³/mol. The largest absolute Gasteiger partial charge is 0.354 e. The van der Waals surface area contributed by atoms with Crippen molar-refractivity contribution in [1.82, 2.24) is 19.8 Å². The van der Waals surface area contributed by atoms with Crippen molar-refractivity contribution in [2.75, 3.05) is 44.2 Å². The summed E-state index contributed by atoms with van der Waals surface area (Å²) in [5.74, 6) is 1.21. The Bertz CT molecular complexity index is 524. The first-order chi connectivity index (χ1) is 11.7. The fraction of sp³-hybridized carbons (Fsp3) is 0.789. The lowest BCUT2D eigenvalue weighted by Gasteiger charge is -2.39. The molecule has 0 saturated carbocycles. The number of rotatable bonds is 6. The van der Waals surface area contributed by atoms with Gasteiger partial charge >= 0.3 is 0 Å². The van der Waals surface area contributed by atoms with Crippen molar-refractivity contribution in [3.05, 3.63) is 17.6 Å². The molecule has 0 amide bonds. The number of hydrogen-bond acceptors (Lipinski definition) is 5. The van der Waals surface area contributed by atoms with Crippen molar-refractivity contribution in [2.24, 2.45) is 0 Å². The Hall–Kier alpha value is -1.20. The molecular weight excluding hydrogens is 298 g/mol. The molecule has 1 fully saturated rings. The third-order valence-corrected chi connectivity index (χ3v) is 5.72. The molecule has 2 aliphatic rings. The Morgan fingerprint density at radius 2 is 1.88 bits per heavy atom. The van der Waals surface area contributed by atoms with Gasteiger partial charge in [-0.2, -0.15) is 0 Å². The average Bonchev–Trinajstić information content (AvgIpc) is 2.65. The predicted octanol–water partition coefficient (Wildman–Crippen LogP) is 2.56. The summed E-state index contributed by atoms with van der Waals surface area (Å²) in [6, 6.07) is 0.693. The quantitative estimate of drug-likeness (QED) is 0.800. The molecule has 0 aliphatic carbocycles. The van der Waals surface area contributed by atoms with Crippen molar-refractivity contribution < 1.29 is 0 Å². The molecule has 5 heteroatoms. The molecule has 3 heterocycles. The van der Waals surface area contributed by atoms with E-state index in [2.05, 4.69) is 45.4 Å². The molecule has 5 nitrogen and oxygen atoms in total. The summed E-state index contributed by atoms with van der Waals surface area (Å²) in [7, 11) is 0. The zero-order chi connectivity index (χ0) is 16.9. The maximum atomic E-state index is 4.67. The number of aromatic nitrogens is 2. The van der Waals surface area contributed by atoms with Gasteiger partial charge in [-0.15, -0.1) is 0 Å². The van der Waals surface area contributed by atoms with E-state index in [0.717, 1.165) is 45.7 Å². The first kappa shape index (κ1) is 17.6. The third kappa shape index (κ3) is 3.89. The summed E-state index contributed by atoms with van der Waals surface area (Å²) >= 11 is 0. The van der Waals surface area contributed by atoms with Crippen LogP contribution in [-0.2, 0) is 13.0 Å². The third-order valence-electron chi connectivity index (χ3n) is 5.72. The van der Waals surface area contributed by atoms with E-state index < -0.39 is 0 Å². The number of anilines is 1. The Morgan fingerprint density at radius 3 is 2.58 bits per heavy atom. The van der Waals surface area contributed by atoms with Crippen molar-refractivity contribution in [3.8, 4) is 0 Å². The van der Waals surface area contributed by atoms with Gasteiger partial charge in [0.25, 0.3) is 0 Å². The van der Waals surface area contributed by atoms with Crippen LogP contribution in [0.2, 0.25) is 0 Å². The highest BCUT2D eigenvalue weighted by Crippen LogP contribution is 2.26. The highest BCUT2D eigenvalue weighted by molar-refractivity contribution is 5.50. The van der Waals surface area contributed by atoms with Gasteiger partial charge in [-0.1, -0.05) is 20.3 Å². The van der Waals surface area contributed by atoms with Gasteiger partial charge in [0, 0.05) is 50.9 Å². The molecule has 0 aromatic carbocycles. The Kier molecular flexibility index (Phi) is 6.06. The number of hydrogen-bond donors (Lipinski definition) is 0. The van der Waals surface area contributed by atoms with Crippen LogP contribution >= 0.6 is 0 Å². The van der Waals surface area contributed by atoms with Gasteiger partial charge in [0.05, 0.1) is 5.69 Å². The summed E-state index contributed by atoms with van der Waals surface area (Å²) in [4.78, 5) is 16.9. The molecule has 24 heavy (non-hydrogen) atoms. The number of nitrogens with zero attached hydrogens (tertiary/aromatic N) is 5. The molecule has 134 valence electrons. The van der Waals surface area contributed by atoms with Gasteiger partial charge in [0.15, 0.2) is 0 Å². The molecule has 2 aliphatic heterocycles. The van der Waals surface area contributed by atoms with Crippen LogP contribution in [0.4, 0.5) is 5.82 Å². The standard InChI is InChI=1S/C19H33N5/c1-4-6-8-22-9-7-17-18(14-22)20-15-21-19(17)24-12-10-23(11-13-24)16(3)5-2/h15-16H,4-14H2,1-3H3. The van der Waals surface area contributed by atoms with Crippen molar-refractivity contribution in [3.63, 3.8) is 0 Å². The molecule has 0 radical (unpaired) electrons. The van der Waals surface area contributed by atoms with Crippen molar-refractivity contribution in [2.45, 2.75) is 59.0 Å². The Balaban J connectivity index is 1.66. The van der Waals surface area contributed by atoms with E-state index in [1.165, 1.54) is 42.9 Å². The topological polar surface area (TPSA) is 35.5 Å². The second-order valence-corrected chi connectivity index (χ2v) is 7.28. The maximum absolute atomic E-state index is 4.67. The number of fused-ring (bicyclic) bond motifs is 1. The smallest absolute Gasteiger partial charge is 0.135 e. The second-order valence-electron chi connectivity index (χ2n) is 7.28. The minimum Gasteiger partial charge on any atom is -0.354 e. The SMILES string of the molecule is CCCCN1CCc2c(ncnc2N2CCN(C(C)CC)CC2)C1. The fourth-order valence-corrected chi connectivity index (χ4v) is 3.87. The summed E-state index contributed by atoms with van der Waals surface area (Å²) in [5.41, 5.74) is 2.66. The van der Waals surface area contributed by atoms with Crippen LogP contribution in [0.25, 0.3) is 0 Å². The van der Waals surface area contributed by atoms with Crippen LogP contribution in [0, 0.1) is 0 Å². The zero-order valence-corrected chi connectivity index (χ0v) is 15.7. The van der Waals surface area contributed by atoms with E-state index >= 15 is 0 Å². The maximum Gasteiger partial charge on any atom is 0.135 e. The van der Waals surface area contributed by atoms with Crippen LogP contribution in [0.1, 0.15) is 51.3 Å². The normalized spacial score (nSPS) is 20.9. The molecule has 1 aromatic heterocycles. The lowest BCUT2D eigenvalue weighted by atomic mass is 10.0. The first-order valence-corrected chi connectivity index (χ1v) is 9.77. The first-order valence-electron chi connectivity index (χ1n) is 9.77. The molecule has 1 atom stereocenters. The van der Waals surface area contributed by atoms with E-state index in [9.17, 15) is 0 Å². The highest BCUT2D eigenvalue weighted by atomic mass is 15.3. The van der Waals surface area contributed by atoms with Crippen molar-refractivity contribution in [1.29, 1.82) is 0 Å². The lowest BCUT2D eigenvalue weighted by molar-refractivity contribution is 0.192. The molecular formula is C19H33N5. The highest BCUT2D eigenvalue weighted by Gasteiger charge is 2.26. The zero-order valence-electron chi connectivity index (χ0n) is 15.7. The molecule has 0 spiro atoms. The van der Waals surface area contributed by atoms with Crippen LogP contribution < -0.4 is 4.90 Å². The van der Waals surface area contributed by atoms with Gasteiger partial charge in [0.1, 0.15) is 12.1 Å². The van der Waals surface area contributed by atoms with Gasteiger partial charge in [-0.25, -0.2) is 9.97 Å². The minimum absolute atomic E-state index is 0.693. The fourth-order valence-electron chi connectivity index (χ4n) is 3.87. The molecule has 1 unspecified atom stereocenters. The average molecular weight is 332 g/mol. The van der Waals surface area contributed by atoms with Crippen molar-refractivity contribution >= 4 is 5.82 Å². The molecule has 3 rings (SSSR count). The second kappa shape index (κ2) is 8.26. The Labute approximate surface area is 147 Å². The van der Waals surface area contributed by atoms with Gasteiger partial charge in [-0.05, 0) is 32.7 Å². The lowest BCUT2D eigenvalue weighted by Crippen LogP contribution is -2.50. The van der Waals surface area contributed by atoms with Gasteiger partial charge in [-0.3, -0.25) is 9.80 Å². The van der Waals surface area contributed by atoms with E-state index in [1.54, 1.807) is 6.33 Å². The molecule has 1 saturated heterocycles. The number of unbranched alkanes of at least 4 members (excludes halogenated alkanes) is 1. The van der Waals surface area contributed by atoms with E-state index in [-0.39, 0.29) is 0 Å². The van der Waals surface area contributed by atoms with Crippen LogP contribution in [0.3, 0.4) is 0 Å². The minimum atomic E-state index is 0.693. The van der Waals surface area contributed by atoms with Gasteiger partial charge < -0.3 is 4.90 Å². The van der Waals surface area contributed by atoms with E-state index in [1.807, 2.05) is 0 Å². The molecule has 1 aromatic rings. The van der Waals surface area contributed by atoms with Crippen LogP contribution in [0.15, 0.2) is 6.33 Å². The Morgan fingerprint density at radius 1 is 1.08 bits per heavy atom. The summed E-state index contributed by atoms with van der Waals surface area (Å²) in [5, 5.41) is 0. The molecule has 0 bridgehead atoms. The summed E-state index contributed by atoms with van der Waals surface area (Å²) in [6.45, 7) is 14.7.